The number of nitrogens with one attached hydrogen (secondary N) is 2. The summed E-state index contributed by atoms with van der Waals surface area (Å²) in [4.78, 5) is 16.3. The SMILES string of the molecule is Cc1cnc(C(C)NC(=O)c2cc(Cl)ccc2NN)o1. The van der Waals surface area contributed by atoms with Crippen molar-refractivity contribution < 1.29 is 9.21 Å². The lowest BCUT2D eigenvalue weighted by atomic mass is 10.1. The van der Waals surface area contributed by atoms with Gasteiger partial charge in [0.25, 0.3) is 5.91 Å². The zero-order chi connectivity index (χ0) is 14.7. The Morgan fingerprint density at radius 2 is 2.25 bits per heavy atom. The molecule has 0 aliphatic carbocycles. The lowest BCUT2D eigenvalue weighted by Gasteiger charge is -2.13. The summed E-state index contributed by atoms with van der Waals surface area (Å²) >= 11 is 5.90. The predicted octanol–water partition coefficient (Wildman–Crippen LogP) is 2.41. The van der Waals surface area contributed by atoms with Crippen LogP contribution in [-0.2, 0) is 0 Å². The van der Waals surface area contributed by atoms with Gasteiger partial charge in [0.05, 0.1) is 17.4 Å². The minimum Gasteiger partial charge on any atom is -0.444 e. The van der Waals surface area contributed by atoms with Gasteiger partial charge in [0.2, 0.25) is 5.89 Å². The number of nitrogens with zero attached hydrogens (tertiary/aromatic N) is 1. The molecular formula is C13H15ClN4O2. The Kier molecular flexibility index (Phi) is 4.26. The number of oxazole rings is 1. The fraction of sp³-hybridized carbons (Fsp3) is 0.231. The number of aromatic nitrogens is 1. The van der Waals surface area contributed by atoms with E-state index in [1.807, 2.05) is 0 Å². The van der Waals surface area contributed by atoms with Crippen molar-refractivity contribution in [2.45, 2.75) is 19.9 Å². The standard InChI is InChI=1S/C13H15ClN4O2/c1-7-6-16-13(20-7)8(2)17-12(19)10-5-9(14)3-4-11(10)18-15/h3-6,8,18H,15H2,1-2H3,(H,17,19). The van der Waals surface area contributed by atoms with E-state index >= 15 is 0 Å². The maximum Gasteiger partial charge on any atom is 0.254 e. The molecule has 1 unspecified atom stereocenters. The molecule has 0 radical (unpaired) electrons. The Balaban J connectivity index is 2.18. The van der Waals surface area contributed by atoms with E-state index in [1.165, 1.54) is 0 Å². The second-order valence-corrected chi connectivity index (χ2v) is 4.77. The third-order valence-corrected chi connectivity index (χ3v) is 2.97. The third kappa shape index (κ3) is 3.09. The summed E-state index contributed by atoms with van der Waals surface area (Å²) in [6.45, 7) is 3.57. The van der Waals surface area contributed by atoms with Crippen LogP contribution >= 0.6 is 11.6 Å². The number of benzene rings is 1. The van der Waals surface area contributed by atoms with Crippen LogP contribution in [0.3, 0.4) is 0 Å². The molecule has 0 saturated carbocycles. The Hall–Kier alpha value is -2.05. The molecule has 2 rings (SSSR count). The van der Waals surface area contributed by atoms with Gasteiger partial charge in [0.15, 0.2) is 0 Å². The number of anilines is 1. The second kappa shape index (κ2) is 5.94. The Morgan fingerprint density at radius 1 is 1.50 bits per heavy atom. The molecule has 2 aromatic rings. The topological polar surface area (TPSA) is 93.2 Å². The van der Waals surface area contributed by atoms with Crippen molar-refractivity contribution in [3.05, 3.63) is 46.6 Å². The number of aryl methyl sites for hydroxylation is 1. The average Bonchev–Trinajstić information content (AvgIpc) is 2.85. The van der Waals surface area contributed by atoms with Crippen molar-refractivity contribution >= 4 is 23.2 Å². The quantitative estimate of drug-likeness (QED) is 0.595. The summed E-state index contributed by atoms with van der Waals surface area (Å²) in [7, 11) is 0. The van der Waals surface area contributed by atoms with Gasteiger partial charge < -0.3 is 15.2 Å². The van der Waals surface area contributed by atoms with E-state index in [1.54, 1.807) is 38.2 Å². The van der Waals surface area contributed by atoms with Crippen molar-refractivity contribution in [3.8, 4) is 0 Å². The van der Waals surface area contributed by atoms with Crippen LogP contribution in [0.4, 0.5) is 5.69 Å². The highest BCUT2D eigenvalue weighted by atomic mass is 35.5. The number of amides is 1. The smallest absolute Gasteiger partial charge is 0.254 e. The van der Waals surface area contributed by atoms with Gasteiger partial charge in [0, 0.05) is 5.02 Å². The lowest BCUT2D eigenvalue weighted by Crippen LogP contribution is -2.28. The van der Waals surface area contributed by atoms with Gasteiger partial charge in [-0.3, -0.25) is 10.6 Å². The number of hydrogen-bond donors (Lipinski definition) is 3. The Bertz CT molecular complexity index is 627. The number of carbonyl (C=O) groups is 1. The zero-order valence-electron chi connectivity index (χ0n) is 11.1. The highest BCUT2D eigenvalue weighted by Gasteiger charge is 2.18. The number of carbonyl (C=O) groups excluding carboxylic acids is 1. The molecule has 0 fully saturated rings. The van der Waals surface area contributed by atoms with Gasteiger partial charge in [-0.05, 0) is 32.0 Å². The molecule has 1 heterocycles. The van der Waals surface area contributed by atoms with E-state index in [4.69, 9.17) is 21.9 Å². The van der Waals surface area contributed by atoms with Gasteiger partial charge in [-0.2, -0.15) is 0 Å². The largest absolute Gasteiger partial charge is 0.444 e. The van der Waals surface area contributed by atoms with Gasteiger partial charge >= 0.3 is 0 Å². The molecule has 1 atom stereocenters. The molecule has 1 aromatic carbocycles. The monoisotopic (exact) mass is 294 g/mol. The van der Waals surface area contributed by atoms with Crippen molar-refractivity contribution in [2.24, 2.45) is 5.84 Å². The molecule has 0 aliphatic heterocycles. The minimum atomic E-state index is -0.360. The summed E-state index contributed by atoms with van der Waals surface area (Å²) < 4.78 is 5.37. The summed E-state index contributed by atoms with van der Waals surface area (Å²) in [5, 5.41) is 3.23. The normalized spacial score (nSPS) is 12.0. The highest BCUT2D eigenvalue weighted by Crippen LogP contribution is 2.21. The van der Waals surface area contributed by atoms with Crippen molar-refractivity contribution in [1.29, 1.82) is 0 Å². The molecule has 20 heavy (non-hydrogen) atoms. The number of nitrogens with two attached hydrogens (primary N) is 1. The molecular weight excluding hydrogens is 280 g/mol. The van der Waals surface area contributed by atoms with Crippen molar-refractivity contribution in [2.75, 3.05) is 5.43 Å². The number of hydrazine groups is 1. The van der Waals surface area contributed by atoms with E-state index in [0.717, 1.165) is 0 Å². The first-order valence-corrected chi connectivity index (χ1v) is 6.38. The fourth-order valence-corrected chi connectivity index (χ4v) is 1.91. The molecule has 0 saturated heterocycles. The molecule has 6 nitrogen and oxygen atoms in total. The van der Waals surface area contributed by atoms with Crippen LogP contribution in [0.5, 0.6) is 0 Å². The first kappa shape index (κ1) is 14.4. The molecule has 7 heteroatoms. The van der Waals surface area contributed by atoms with E-state index in [-0.39, 0.29) is 11.9 Å². The van der Waals surface area contributed by atoms with Crippen LogP contribution < -0.4 is 16.6 Å². The van der Waals surface area contributed by atoms with Crippen LogP contribution in [0.1, 0.15) is 35.0 Å². The predicted molar refractivity (Wildman–Crippen MR) is 76.4 cm³/mol. The fourth-order valence-electron chi connectivity index (χ4n) is 1.74. The van der Waals surface area contributed by atoms with E-state index in [9.17, 15) is 4.79 Å². The molecule has 0 aliphatic rings. The first-order chi connectivity index (χ1) is 9.51. The second-order valence-electron chi connectivity index (χ2n) is 4.34. The van der Waals surface area contributed by atoms with Crippen LogP contribution in [0.15, 0.2) is 28.8 Å². The number of nitrogen functional groups attached to an aromatic ring is 1. The maximum atomic E-state index is 12.2. The molecule has 0 bridgehead atoms. The van der Waals surface area contributed by atoms with Gasteiger partial charge in [-0.25, -0.2) is 4.98 Å². The zero-order valence-corrected chi connectivity index (χ0v) is 11.9. The van der Waals surface area contributed by atoms with Gasteiger partial charge in [-0.1, -0.05) is 11.6 Å². The van der Waals surface area contributed by atoms with Crippen molar-refractivity contribution in [1.82, 2.24) is 10.3 Å². The van der Waals surface area contributed by atoms with Crippen molar-refractivity contribution in [3.63, 3.8) is 0 Å². The van der Waals surface area contributed by atoms with Crippen LogP contribution in [0, 0.1) is 6.92 Å². The van der Waals surface area contributed by atoms with E-state index in [2.05, 4.69) is 15.7 Å². The molecule has 106 valence electrons. The van der Waals surface area contributed by atoms with Gasteiger partial charge in [-0.15, -0.1) is 0 Å². The maximum absolute atomic E-state index is 12.2. The minimum absolute atomic E-state index is 0.316. The molecule has 0 spiro atoms. The number of hydrogen-bond acceptors (Lipinski definition) is 5. The summed E-state index contributed by atoms with van der Waals surface area (Å²) in [5.41, 5.74) is 3.31. The number of halogens is 1. The molecule has 1 amide bonds. The number of rotatable bonds is 4. The Labute approximate surface area is 121 Å². The van der Waals surface area contributed by atoms with Crippen LogP contribution in [-0.4, -0.2) is 10.9 Å². The summed E-state index contributed by atoms with van der Waals surface area (Å²) in [6.07, 6.45) is 1.60. The lowest BCUT2D eigenvalue weighted by molar-refractivity contribution is 0.0934. The van der Waals surface area contributed by atoms with E-state index in [0.29, 0.717) is 27.9 Å². The third-order valence-electron chi connectivity index (χ3n) is 2.74. The van der Waals surface area contributed by atoms with Crippen LogP contribution in [0.2, 0.25) is 5.02 Å². The highest BCUT2D eigenvalue weighted by molar-refractivity contribution is 6.31. The molecule has 4 N–H and O–H groups in total. The molecule has 1 aromatic heterocycles. The van der Waals surface area contributed by atoms with Gasteiger partial charge in [0.1, 0.15) is 11.8 Å². The first-order valence-electron chi connectivity index (χ1n) is 6.00. The summed E-state index contributed by atoms with van der Waals surface area (Å²) in [6, 6.07) is 4.46. The van der Waals surface area contributed by atoms with E-state index < -0.39 is 0 Å². The van der Waals surface area contributed by atoms with Crippen LogP contribution in [0.25, 0.3) is 0 Å². The average molecular weight is 295 g/mol. The summed E-state index contributed by atoms with van der Waals surface area (Å²) in [5.74, 6) is 6.20. The Morgan fingerprint density at radius 3 is 2.85 bits per heavy atom.